The molecule has 0 spiro atoms. The molecule has 0 atom stereocenters. The molecule has 0 unspecified atom stereocenters. The van der Waals surface area contributed by atoms with Crippen LogP contribution in [0.4, 0.5) is 0 Å². The normalized spacial score (nSPS) is 6.17. The van der Waals surface area contributed by atoms with Gasteiger partial charge in [0.15, 0.2) is 0 Å². The molecule has 0 aromatic carbocycles. The van der Waals surface area contributed by atoms with Crippen LogP contribution in [0.1, 0.15) is 6.42 Å². The summed E-state index contributed by atoms with van der Waals surface area (Å²) < 4.78 is 0. The molecule has 0 aliphatic rings. The smallest absolute Gasteiger partial charge is 0.0465 e. The maximum absolute atomic E-state index is 8.00. The van der Waals surface area contributed by atoms with Gasteiger partial charge in [-0.15, -0.1) is 6.58 Å². The third-order valence-corrected chi connectivity index (χ3v) is 0.333. The second kappa shape index (κ2) is 9.06. The van der Waals surface area contributed by atoms with Gasteiger partial charge in [0, 0.05) is 29.0 Å². The number of hydrogen-bond acceptors (Lipinski definition) is 1. The Kier molecular flexibility index (Phi) is 14.6. The topological polar surface area (TPSA) is 20.2 Å². The Hall–Kier alpha value is 0.440. The quantitative estimate of drug-likeness (QED) is 0.712. The van der Waals surface area contributed by atoms with Crippen molar-refractivity contribution in [2.75, 3.05) is 6.61 Å². The minimum Gasteiger partial charge on any atom is -0.396 e. The van der Waals surface area contributed by atoms with Crippen LogP contribution in [0.25, 0.3) is 0 Å². The van der Waals surface area contributed by atoms with E-state index in [9.17, 15) is 0 Å². The first-order valence-electron chi connectivity index (χ1n) is 1.63. The standard InChI is InChI=1S/C4H8O.Ta/c1-2-3-4-5;/h2,5H,1,3-4H2;. The number of aliphatic hydroxyl groups is 1. The van der Waals surface area contributed by atoms with Crippen LogP contribution in [-0.2, 0) is 22.4 Å². The largest absolute Gasteiger partial charge is 0.396 e. The Bertz CT molecular complexity index is 28.7. The summed E-state index contributed by atoms with van der Waals surface area (Å²) in [4.78, 5) is 0. The molecule has 6 heavy (non-hydrogen) atoms. The van der Waals surface area contributed by atoms with Gasteiger partial charge in [0.05, 0.1) is 0 Å². The molecular weight excluding hydrogens is 245 g/mol. The Morgan fingerprint density at radius 1 is 1.67 bits per heavy atom. The van der Waals surface area contributed by atoms with E-state index in [-0.39, 0.29) is 29.0 Å². The molecule has 1 nitrogen and oxygen atoms in total. The minimum absolute atomic E-state index is 0. The van der Waals surface area contributed by atoms with Gasteiger partial charge in [0.2, 0.25) is 0 Å². The van der Waals surface area contributed by atoms with Crippen molar-refractivity contribution in [1.82, 2.24) is 0 Å². The summed E-state index contributed by atoms with van der Waals surface area (Å²) in [5.41, 5.74) is 0. The van der Waals surface area contributed by atoms with Gasteiger partial charge in [-0.05, 0) is 6.42 Å². The van der Waals surface area contributed by atoms with Crippen LogP contribution in [0.3, 0.4) is 0 Å². The Labute approximate surface area is 53.6 Å². The van der Waals surface area contributed by atoms with E-state index in [1.165, 1.54) is 0 Å². The molecule has 2 heteroatoms. The molecule has 0 heterocycles. The van der Waals surface area contributed by atoms with Crippen molar-refractivity contribution in [3.8, 4) is 0 Å². The summed E-state index contributed by atoms with van der Waals surface area (Å²) in [6.45, 7) is 3.62. The third-order valence-electron chi connectivity index (χ3n) is 0.333. The van der Waals surface area contributed by atoms with Gasteiger partial charge in [-0.3, -0.25) is 0 Å². The third kappa shape index (κ3) is 8.83. The molecule has 1 radical (unpaired) electrons. The van der Waals surface area contributed by atoms with Crippen LogP contribution >= 0.6 is 0 Å². The minimum atomic E-state index is 0. The van der Waals surface area contributed by atoms with Gasteiger partial charge in [-0.2, -0.15) is 0 Å². The molecule has 0 aliphatic heterocycles. The first-order valence-corrected chi connectivity index (χ1v) is 1.63. The van der Waals surface area contributed by atoms with Gasteiger partial charge in [0.1, 0.15) is 0 Å². The summed E-state index contributed by atoms with van der Waals surface area (Å²) in [7, 11) is 0. The second-order valence-corrected chi connectivity index (χ2v) is 0.801. The molecule has 0 fully saturated rings. The zero-order valence-electron chi connectivity index (χ0n) is 3.59. The number of hydrogen-bond donors (Lipinski definition) is 1. The predicted molar refractivity (Wildman–Crippen MR) is 21.9 cm³/mol. The van der Waals surface area contributed by atoms with E-state index in [1.807, 2.05) is 0 Å². The molecule has 0 aromatic rings. The molecule has 0 rings (SSSR count). The summed E-state index contributed by atoms with van der Waals surface area (Å²) in [5.74, 6) is 0. The predicted octanol–water partition coefficient (Wildman–Crippen LogP) is 0.552. The Morgan fingerprint density at radius 2 is 2.17 bits per heavy atom. The van der Waals surface area contributed by atoms with Crippen molar-refractivity contribution >= 4 is 0 Å². The molecule has 0 amide bonds. The number of aliphatic hydroxyl groups excluding tert-OH is 1. The molecule has 35 valence electrons. The molecule has 0 bridgehead atoms. The zero-order valence-corrected chi connectivity index (χ0v) is 6.81. The average molecular weight is 253 g/mol. The van der Waals surface area contributed by atoms with Crippen LogP contribution in [0.15, 0.2) is 12.7 Å². The van der Waals surface area contributed by atoms with Crippen molar-refractivity contribution in [3.63, 3.8) is 0 Å². The Balaban J connectivity index is 0. The van der Waals surface area contributed by atoms with Gasteiger partial charge < -0.3 is 5.11 Å². The van der Waals surface area contributed by atoms with E-state index < -0.39 is 0 Å². The first kappa shape index (κ1) is 9.67. The first-order chi connectivity index (χ1) is 2.41. The SMILES string of the molecule is C=CCCO.[Ta]. The van der Waals surface area contributed by atoms with Gasteiger partial charge in [0.25, 0.3) is 0 Å². The van der Waals surface area contributed by atoms with E-state index in [2.05, 4.69) is 6.58 Å². The van der Waals surface area contributed by atoms with E-state index in [1.54, 1.807) is 6.08 Å². The summed E-state index contributed by atoms with van der Waals surface area (Å²) in [6.07, 6.45) is 2.39. The summed E-state index contributed by atoms with van der Waals surface area (Å²) >= 11 is 0. The van der Waals surface area contributed by atoms with E-state index >= 15 is 0 Å². The molecule has 0 saturated carbocycles. The Morgan fingerprint density at radius 3 is 2.17 bits per heavy atom. The molecule has 0 aliphatic carbocycles. The van der Waals surface area contributed by atoms with Crippen LogP contribution in [-0.4, -0.2) is 11.7 Å². The number of rotatable bonds is 2. The van der Waals surface area contributed by atoms with Crippen LogP contribution < -0.4 is 0 Å². The van der Waals surface area contributed by atoms with Crippen molar-refractivity contribution in [3.05, 3.63) is 12.7 Å². The monoisotopic (exact) mass is 253 g/mol. The van der Waals surface area contributed by atoms with Crippen molar-refractivity contribution in [2.24, 2.45) is 0 Å². The van der Waals surface area contributed by atoms with Gasteiger partial charge in [-0.25, -0.2) is 0 Å². The van der Waals surface area contributed by atoms with E-state index in [4.69, 9.17) is 5.11 Å². The second-order valence-electron chi connectivity index (χ2n) is 0.801. The fourth-order valence-electron chi connectivity index (χ4n) is 0.0913. The maximum atomic E-state index is 8.00. The molecule has 0 saturated heterocycles. The molecular formula is C4H8OTa. The van der Waals surface area contributed by atoms with Gasteiger partial charge >= 0.3 is 0 Å². The van der Waals surface area contributed by atoms with Crippen LogP contribution in [0.2, 0.25) is 0 Å². The summed E-state index contributed by atoms with van der Waals surface area (Å²) in [5, 5.41) is 8.00. The fraction of sp³-hybridized carbons (Fsp3) is 0.500. The average Bonchev–Trinajstić information content (AvgIpc) is 1.41. The fourth-order valence-corrected chi connectivity index (χ4v) is 0.0913. The summed E-state index contributed by atoms with van der Waals surface area (Å²) in [6, 6.07) is 0. The molecule has 0 aromatic heterocycles. The van der Waals surface area contributed by atoms with E-state index in [0.29, 0.717) is 6.42 Å². The van der Waals surface area contributed by atoms with Crippen molar-refractivity contribution in [1.29, 1.82) is 0 Å². The zero-order chi connectivity index (χ0) is 4.12. The maximum Gasteiger partial charge on any atom is 0.0465 e. The van der Waals surface area contributed by atoms with Crippen molar-refractivity contribution in [2.45, 2.75) is 6.42 Å². The van der Waals surface area contributed by atoms with Crippen LogP contribution in [0, 0.1) is 0 Å². The molecule has 1 N–H and O–H groups in total. The van der Waals surface area contributed by atoms with Gasteiger partial charge in [-0.1, -0.05) is 6.08 Å². The van der Waals surface area contributed by atoms with Crippen molar-refractivity contribution < 1.29 is 27.5 Å². The van der Waals surface area contributed by atoms with Crippen LogP contribution in [0.5, 0.6) is 0 Å². The van der Waals surface area contributed by atoms with E-state index in [0.717, 1.165) is 0 Å².